The molecule has 0 spiro atoms. The van der Waals surface area contributed by atoms with Gasteiger partial charge in [0.25, 0.3) is 0 Å². The third-order valence-corrected chi connectivity index (χ3v) is 2.53. The first-order valence-electron chi connectivity index (χ1n) is 4.99. The molecule has 5 heteroatoms. The van der Waals surface area contributed by atoms with Crippen LogP contribution in [-0.2, 0) is 4.74 Å². The summed E-state index contributed by atoms with van der Waals surface area (Å²) in [7, 11) is 1.69. The van der Waals surface area contributed by atoms with Crippen molar-refractivity contribution in [2.45, 2.75) is 19.4 Å². The number of methoxy groups -OCH3 is 1. The van der Waals surface area contributed by atoms with Crippen LogP contribution in [0, 0.1) is 0 Å². The van der Waals surface area contributed by atoms with Crippen molar-refractivity contribution in [3.8, 4) is 0 Å². The third kappa shape index (κ3) is 3.75. The van der Waals surface area contributed by atoms with Gasteiger partial charge in [-0.1, -0.05) is 12.2 Å². The molecular weight excluding hydrogens is 222 g/mol. The molecule has 0 radical (unpaired) electrons. The van der Waals surface area contributed by atoms with Crippen LogP contribution >= 0.6 is 12.2 Å². The van der Waals surface area contributed by atoms with Gasteiger partial charge in [0, 0.05) is 25.4 Å². The summed E-state index contributed by atoms with van der Waals surface area (Å²) < 4.78 is 5.29. The Morgan fingerprint density at radius 3 is 2.69 bits per heavy atom. The van der Waals surface area contributed by atoms with Crippen LogP contribution in [0.3, 0.4) is 0 Å². The van der Waals surface area contributed by atoms with Crippen molar-refractivity contribution in [3.05, 3.63) is 23.9 Å². The van der Waals surface area contributed by atoms with Crippen LogP contribution in [-0.4, -0.2) is 29.2 Å². The van der Waals surface area contributed by atoms with Gasteiger partial charge in [-0.05, 0) is 26.0 Å². The fourth-order valence-corrected chi connectivity index (χ4v) is 1.14. The molecule has 0 bridgehead atoms. The molecular formula is C11H17N3OS. The summed E-state index contributed by atoms with van der Waals surface area (Å²) in [6, 6.07) is 3.69. The number of rotatable bonds is 5. The summed E-state index contributed by atoms with van der Waals surface area (Å²) in [5.41, 5.74) is 6.03. The molecule has 0 aliphatic heterocycles. The number of hydrogen-bond acceptors (Lipinski definition) is 4. The van der Waals surface area contributed by atoms with Crippen LogP contribution in [0.2, 0.25) is 0 Å². The van der Waals surface area contributed by atoms with Crippen molar-refractivity contribution in [1.29, 1.82) is 0 Å². The molecule has 0 fully saturated rings. The van der Waals surface area contributed by atoms with E-state index in [4.69, 9.17) is 22.7 Å². The van der Waals surface area contributed by atoms with Crippen LogP contribution < -0.4 is 11.1 Å². The molecule has 1 aromatic rings. The Morgan fingerprint density at radius 2 is 2.25 bits per heavy atom. The Labute approximate surface area is 101 Å². The van der Waals surface area contributed by atoms with Crippen molar-refractivity contribution in [2.24, 2.45) is 5.73 Å². The zero-order valence-electron chi connectivity index (χ0n) is 9.78. The van der Waals surface area contributed by atoms with Gasteiger partial charge in [-0.3, -0.25) is 0 Å². The van der Waals surface area contributed by atoms with E-state index in [1.807, 2.05) is 26.0 Å². The molecule has 1 heterocycles. The fraction of sp³-hybridized carbons (Fsp3) is 0.455. The minimum atomic E-state index is -0.219. The molecule has 3 N–H and O–H groups in total. The summed E-state index contributed by atoms with van der Waals surface area (Å²) in [6.07, 6.45) is 1.66. The van der Waals surface area contributed by atoms with E-state index in [1.165, 1.54) is 0 Å². The topological polar surface area (TPSA) is 60.2 Å². The van der Waals surface area contributed by atoms with Crippen molar-refractivity contribution in [3.63, 3.8) is 0 Å². The molecule has 0 atom stereocenters. The van der Waals surface area contributed by atoms with Gasteiger partial charge in [0.1, 0.15) is 10.8 Å². The molecule has 16 heavy (non-hydrogen) atoms. The zero-order valence-corrected chi connectivity index (χ0v) is 10.6. The van der Waals surface area contributed by atoms with Gasteiger partial charge in [-0.15, -0.1) is 0 Å². The first-order valence-corrected chi connectivity index (χ1v) is 5.40. The predicted octanol–water partition coefficient (Wildman–Crippen LogP) is 1.55. The number of nitrogens with two attached hydrogens (primary N) is 1. The quantitative estimate of drug-likeness (QED) is 0.763. The number of aromatic nitrogens is 1. The number of pyridine rings is 1. The van der Waals surface area contributed by atoms with Gasteiger partial charge in [0.2, 0.25) is 0 Å². The molecule has 0 unspecified atom stereocenters. The highest BCUT2D eigenvalue weighted by molar-refractivity contribution is 7.80. The molecule has 0 amide bonds. The number of ether oxygens (including phenoxy) is 1. The van der Waals surface area contributed by atoms with Gasteiger partial charge in [0.05, 0.1) is 5.60 Å². The van der Waals surface area contributed by atoms with Gasteiger partial charge in [-0.2, -0.15) is 0 Å². The molecule has 1 aromatic heterocycles. The Kier molecular flexibility index (Phi) is 4.20. The normalized spacial score (nSPS) is 11.2. The van der Waals surface area contributed by atoms with Gasteiger partial charge in [-0.25, -0.2) is 4.98 Å². The van der Waals surface area contributed by atoms with E-state index in [1.54, 1.807) is 13.3 Å². The van der Waals surface area contributed by atoms with Crippen molar-refractivity contribution < 1.29 is 4.74 Å². The summed E-state index contributed by atoms with van der Waals surface area (Å²) in [4.78, 5) is 4.56. The first-order chi connectivity index (χ1) is 7.44. The van der Waals surface area contributed by atoms with E-state index >= 15 is 0 Å². The van der Waals surface area contributed by atoms with Crippen LogP contribution in [0.4, 0.5) is 5.82 Å². The van der Waals surface area contributed by atoms with Crippen molar-refractivity contribution in [1.82, 2.24) is 4.98 Å². The lowest BCUT2D eigenvalue weighted by Gasteiger charge is -2.23. The Morgan fingerprint density at radius 1 is 1.56 bits per heavy atom. The number of hydrogen-bond donors (Lipinski definition) is 2. The second-order valence-electron chi connectivity index (χ2n) is 4.11. The Hall–Kier alpha value is -1.20. The molecule has 88 valence electrons. The van der Waals surface area contributed by atoms with E-state index in [0.717, 1.165) is 11.4 Å². The molecule has 4 nitrogen and oxygen atoms in total. The molecule has 0 aromatic carbocycles. The second-order valence-corrected chi connectivity index (χ2v) is 4.55. The largest absolute Gasteiger partial charge is 0.389 e. The smallest absolute Gasteiger partial charge is 0.126 e. The standard InChI is InChI=1S/C11H17N3OS/c1-11(2,15-3)7-14-9-5-4-8(6-13-9)10(12)16/h4-6H,7H2,1-3H3,(H2,12,16)(H,13,14). The number of thiocarbonyl (C=S) groups is 1. The number of anilines is 1. The highest BCUT2D eigenvalue weighted by Crippen LogP contribution is 2.10. The maximum absolute atomic E-state index is 5.48. The van der Waals surface area contributed by atoms with Crippen molar-refractivity contribution in [2.75, 3.05) is 19.0 Å². The average molecular weight is 239 g/mol. The fourth-order valence-electron chi connectivity index (χ4n) is 1.02. The zero-order chi connectivity index (χ0) is 12.2. The summed E-state index contributed by atoms with van der Waals surface area (Å²) >= 11 is 4.85. The molecule has 1 rings (SSSR count). The minimum Gasteiger partial charge on any atom is -0.389 e. The Bertz CT molecular complexity index is 362. The Balaban J connectivity index is 2.59. The number of nitrogens with zero attached hydrogens (tertiary/aromatic N) is 1. The van der Waals surface area contributed by atoms with E-state index in [0.29, 0.717) is 11.5 Å². The highest BCUT2D eigenvalue weighted by Gasteiger charge is 2.15. The lowest BCUT2D eigenvalue weighted by molar-refractivity contribution is 0.0343. The van der Waals surface area contributed by atoms with E-state index in [2.05, 4.69) is 10.3 Å². The predicted molar refractivity (Wildman–Crippen MR) is 69.7 cm³/mol. The van der Waals surface area contributed by atoms with Crippen LogP contribution in [0.1, 0.15) is 19.4 Å². The number of nitrogens with one attached hydrogen (secondary N) is 1. The molecule has 0 saturated heterocycles. The van der Waals surface area contributed by atoms with E-state index in [-0.39, 0.29) is 5.60 Å². The first kappa shape index (κ1) is 12.9. The van der Waals surface area contributed by atoms with Gasteiger partial charge < -0.3 is 15.8 Å². The highest BCUT2D eigenvalue weighted by atomic mass is 32.1. The molecule has 0 saturated carbocycles. The van der Waals surface area contributed by atoms with Gasteiger partial charge >= 0.3 is 0 Å². The van der Waals surface area contributed by atoms with E-state index < -0.39 is 0 Å². The van der Waals surface area contributed by atoms with Crippen LogP contribution in [0.5, 0.6) is 0 Å². The average Bonchev–Trinajstić information content (AvgIpc) is 2.27. The summed E-state index contributed by atoms with van der Waals surface area (Å²) in [6.45, 7) is 4.69. The van der Waals surface area contributed by atoms with Crippen LogP contribution in [0.25, 0.3) is 0 Å². The summed E-state index contributed by atoms with van der Waals surface area (Å²) in [5.74, 6) is 0.783. The SMILES string of the molecule is COC(C)(C)CNc1ccc(C(N)=S)cn1. The minimum absolute atomic E-state index is 0.219. The van der Waals surface area contributed by atoms with E-state index in [9.17, 15) is 0 Å². The van der Waals surface area contributed by atoms with Gasteiger partial charge in [0.15, 0.2) is 0 Å². The van der Waals surface area contributed by atoms with Crippen molar-refractivity contribution >= 4 is 23.0 Å². The maximum atomic E-state index is 5.48. The maximum Gasteiger partial charge on any atom is 0.126 e. The summed E-state index contributed by atoms with van der Waals surface area (Å²) in [5, 5.41) is 3.18. The second kappa shape index (κ2) is 5.23. The third-order valence-electron chi connectivity index (χ3n) is 2.30. The monoisotopic (exact) mass is 239 g/mol. The lowest BCUT2D eigenvalue weighted by Crippen LogP contribution is -2.32. The van der Waals surface area contributed by atoms with Crippen LogP contribution in [0.15, 0.2) is 18.3 Å². The molecule has 0 aliphatic rings. The molecule has 0 aliphatic carbocycles. The lowest BCUT2D eigenvalue weighted by atomic mass is 10.1.